The summed E-state index contributed by atoms with van der Waals surface area (Å²) in [6.45, 7) is 4.55. The summed E-state index contributed by atoms with van der Waals surface area (Å²) in [6, 6.07) is 0. The van der Waals surface area contributed by atoms with Gasteiger partial charge in [0.25, 0.3) is 5.91 Å². The molecular weight excluding hydrogens is 154 g/mol. The summed E-state index contributed by atoms with van der Waals surface area (Å²) in [5.74, 6) is -0.797. The molecule has 0 heterocycles. The van der Waals surface area contributed by atoms with E-state index in [1.165, 1.54) is 6.92 Å². The molecule has 0 fully saturated rings. The third kappa shape index (κ3) is 3.24. The molecule has 58 valence electrons. The predicted molar refractivity (Wildman–Crippen MR) is 37.8 cm³/mol. The Balaban J connectivity index is 4.16. The van der Waals surface area contributed by atoms with Crippen LogP contribution in [0.4, 0.5) is 0 Å². The number of amides is 1. The third-order valence-electron chi connectivity index (χ3n) is 0.822. The van der Waals surface area contributed by atoms with Crippen molar-refractivity contribution in [3.63, 3.8) is 0 Å². The summed E-state index contributed by atoms with van der Waals surface area (Å²) in [7, 11) is -3.40. The van der Waals surface area contributed by atoms with Crippen LogP contribution >= 0.6 is 0 Å². The monoisotopic (exact) mass is 163 g/mol. The molecule has 0 rings (SSSR count). The minimum Gasteiger partial charge on any atom is -0.269 e. The molecule has 5 heteroatoms. The van der Waals surface area contributed by atoms with Crippen molar-refractivity contribution in [2.45, 2.75) is 6.92 Å². The maximum Gasteiger partial charge on any atom is 0.256 e. The van der Waals surface area contributed by atoms with Gasteiger partial charge in [0.2, 0.25) is 10.0 Å². The van der Waals surface area contributed by atoms with Gasteiger partial charge in [0.1, 0.15) is 0 Å². The summed E-state index contributed by atoms with van der Waals surface area (Å²) in [6.07, 6.45) is 0.910. The molecule has 0 radical (unpaired) electrons. The van der Waals surface area contributed by atoms with Crippen LogP contribution in [0, 0.1) is 0 Å². The van der Waals surface area contributed by atoms with E-state index in [0.717, 1.165) is 6.08 Å². The molecule has 0 spiro atoms. The molecule has 0 aromatic heterocycles. The lowest BCUT2D eigenvalue weighted by molar-refractivity contribution is -0.114. The van der Waals surface area contributed by atoms with Crippen molar-refractivity contribution in [2.24, 2.45) is 0 Å². The normalized spacial score (nSPS) is 10.5. The Morgan fingerprint density at radius 2 is 2.20 bits per heavy atom. The molecule has 10 heavy (non-hydrogen) atoms. The minimum atomic E-state index is -3.40. The van der Waals surface area contributed by atoms with Gasteiger partial charge in [-0.25, -0.2) is 13.1 Å². The lowest BCUT2D eigenvalue weighted by atomic mass is 10.6. The number of rotatable bonds is 3. The molecule has 0 saturated carbocycles. The van der Waals surface area contributed by atoms with Crippen LogP contribution < -0.4 is 4.72 Å². The van der Waals surface area contributed by atoms with Crippen molar-refractivity contribution in [3.05, 3.63) is 12.7 Å². The topological polar surface area (TPSA) is 63.2 Å². The second kappa shape index (κ2) is 3.36. The Morgan fingerprint density at radius 3 is 2.50 bits per heavy atom. The van der Waals surface area contributed by atoms with Crippen molar-refractivity contribution >= 4 is 15.9 Å². The molecule has 0 bridgehead atoms. The van der Waals surface area contributed by atoms with Crippen molar-refractivity contribution in [2.75, 3.05) is 5.75 Å². The number of nitrogens with one attached hydrogen (secondary N) is 1. The van der Waals surface area contributed by atoms with Gasteiger partial charge in [-0.2, -0.15) is 0 Å². The van der Waals surface area contributed by atoms with Crippen LogP contribution in [0.2, 0.25) is 0 Å². The number of sulfonamides is 1. The van der Waals surface area contributed by atoms with Gasteiger partial charge in [0.15, 0.2) is 0 Å². The summed E-state index contributed by atoms with van der Waals surface area (Å²) in [4.78, 5) is 10.4. The highest BCUT2D eigenvalue weighted by Gasteiger charge is 2.07. The second-order valence-electron chi connectivity index (χ2n) is 1.57. The van der Waals surface area contributed by atoms with Gasteiger partial charge in [-0.1, -0.05) is 6.58 Å². The van der Waals surface area contributed by atoms with Gasteiger partial charge in [0.05, 0.1) is 5.75 Å². The highest BCUT2D eigenvalue weighted by molar-refractivity contribution is 7.90. The van der Waals surface area contributed by atoms with E-state index in [9.17, 15) is 13.2 Å². The highest BCUT2D eigenvalue weighted by Crippen LogP contribution is 1.81. The van der Waals surface area contributed by atoms with E-state index in [1.807, 2.05) is 0 Å². The average Bonchev–Trinajstić information content (AvgIpc) is 1.87. The van der Waals surface area contributed by atoms with Gasteiger partial charge in [-0.15, -0.1) is 0 Å². The molecule has 0 saturated heterocycles. The fourth-order valence-corrected chi connectivity index (χ4v) is 0.801. The molecule has 1 amide bonds. The molecule has 4 nitrogen and oxygen atoms in total. The summed E-state index contributed by atoms with van der Waals surface area (Å²) in [5.41, 5.74) is 0. The Labute approximate surface area is 60.0 Å². The molecule has 0 aliphatic rings. The van der Waals surface area contributed by atoms with Gasteiger partial charge in [0, 0.05) is 0 Å². The quantitative estimate of drug-likeness (QED) is 0.578. The first-order chi connectivity index (χ1) is 4.52. The van der Waals surface area contributed by atoms with E-state index in [0.29, 0.717) is 0 Å². The number of carbonyl (C=O) groups excluding carboxylic acids is 1. The molecule has 0 aliphatic carbocycles. The third-order valence-corrected chi connectivity index (χ3v) is 2.09. The van der Waals surface area contributed by atoms with Crippen molar-refractivity contribution < 1.29 is 13.2 Å². The average molecular weight is 163 g/mol. The Morgan fingerprint density at radius 1 is 1.70 bits per heavy atom. The lowest BCUT2D eigenvalue weighted by Crippen LogP contribution is -2.29. The predicted octanol–water partition coefficient (Wildman–Crippen LogP) is -0.362. The van der Waals surface area contributed by atoms with Crippen LogP contribution in [0.25, 0.3) is 0 Å². The summed E-state index contributed by atoms with van der Waals surface area (Å²) < 4.78 is 22.9. The van der Waals surface area contributed by atoms with E-state index in [-0.39, 0.29) is 5.75 Å². The standard InChI is InChI=1S/C5H9NO3S/c1-3-5(7)6-10(8,9)4-2/h3H,1,4H2,2H3,(H,6,7). The van der Waals surface area contributed by atoms with Crippen LogP contribution in [0.15, 0.2) is 12.7 Å². The fraction of sp³-hybridized carbons (Fsp3) is 0.400. The van der Waals surface area contributed by atoms with Crippen molar-refractivity contribution in [1.29, 1.82) is 0 Å². The van der Waals surface area contributed by atoms with Gasteiger partial charge < -0.3 is 0 Å². The maximum absolute atomic E-state index is 10.6. The van der Waals surface area contributed by atoms with Crippen LogP contribution in [0.5, 0.6) is 0 Å². The zero-order valence-electron chi connectivity index (χ0n) is 5.62. The van der Waals surface area contributed by atoms with E-state index >= 15 is 0 Å². The molecular formula is C5H9NO3S. The molecule has 0 unspecified atom stereocenters. The smallest absolute Gasteiger partial charge is 0.256 e. The van der Waals surface area contributed by atoms with Crippen molar-refractivity contribution in [3.8, 4) is 0 Å². The summed E-state index contributed by atoms with van der Waals surface area (Å²) >= 11 is 0. The maximum atomic E-state index is 10.6. The Bertz CT molecular complexity index is 229. The zero-order chi connectivity index (χ0) is 8.20. The van der Waals surface area contributed by atoms with Crippen LogP contribution in [-0.4, -0.2) is 20.1 Å². The van der Waals surface area contributed by atoms with E-state index in [1.54, 1.807) is 4.72 Å². The highest BCUT2D eigenvalue weighted by atomic mass is 32.2. The van der Waals surface area contributed by atoms with Crippen molar-refractivity contribution in [1.82, 2.24) is 4.72 Å². The summed E-state index contributed by atoms with van der Waals surface area (Å²) in [5, 5.41) is 0. The minimum absolute atomic E-state index is 0.105. The number of hydrogen-bond donors (Lipinski definition) is 1. The molecule has 0 atom stereocenters. The SMILES string of the molecule is C=CC(=O)NS(=O)(=O)CC. The Kier molecular flexibility index (Phi) is 3.08. The number of hydrogen-bond acceptors (Lipinski definition) is 3. The Hall–Kier alpha value is -0.840. The lowest BCUT2D eigenvalue weighted by Gasteiger charge is -1.98. The van der Waals surface area contributed by atoms with E-state index in [2.05, 4.69) is 6.58 Å². The number of carbonyl (C=O) groups is 1. The first kappa shape index (κ1) is 9.16. The van der Waals surface area contributed by atoms with Crippen LogP contribution in [-0.2, 0) is 14.8 Å². The van der Waals surface area contributed by atoms with Crippen LogP contribution in [0.1, 0.15) is 6.92 Å². The van der Waals surface area contributed by atoms with Gasteiger partial charge >= 0.3 is 0 Å². The molecule has 1 N–H and O–H groups in total. The molecule has 0 aromatic carbocycles. The first-order valence-corrected chi connectivity index (χ1v) is 4.34. The van der Waals surface area contributed by atoms with E-state index in [4.69, 9.17) is 0 Å². The molecule has 0 aliphatic heterocycles. The van der Waals surface area contributed by atoms with Gasteiger partial charge in [-0.3, -0.25) is 4.79 Å². The fourth-order valence-electron chi connectivity index (χ4n) is 0.267. The first-order valence-electron chi connectivity index (χ1n) is 2.68. The molecule has 0 aromatic rings. The second-order valence-corrected chi connectivity index (χ2v) is 3.58. The van der Waals surface area contributed by atoms with Crippen LogP contribution in [0.3, 0.4) is 0 Å². The zero-order valence-corrected chi connectivity index (χ0v) is 6.44. The van der Waals surface area contributed by atoms with E-state index < -0.39 is 15.9 Å². The van der Waals surface area contributed by atoms with Gasteiger partial charge in [-0.05, 0) is 13.0 Å². The largest absolute Gasteiger partial charge is 0.269 e.